The number of carbonyl (C=O) groups excluding carboxylic acids is 1. The largest absolute Gasteiger partial charge is 0.421 e. The van der Waals surface area contributed by atoms with E-state index in [1.54, 1.807) is 0 Å². The minimum Gasteiger partial charge on any atom is -0.421 e. The molecule has 0 saturated heterocycles. The first-order valence-electron chi connectivity index (χ1n) is 2.85. The van der Waals surface area contributed by atoms with Gasteiger partial charge in [-0.25, -0.2) is 9.18 Å². The normalized spacial score (nSPS) is 13.7. The molecule has 0 aromatic heterocycles. The lowest BCUT2D eigenvalue weighted by Crippen LogP contribution is -2.35. The second-order valence-electron chi connectivity index (χ2n) is 1.85. The summed E-state index contributed by atoms with van der Waals surface area (Å²) < 4.78 is 50.9. The van der Waals surface area contributed by atoms with Gasteiger partial charge in [0, 0.05) is 6.08 Å². The first-order valence-corrected chi connectivity index (χ1v) is 2.85. The van der Waals surface area contributed by atoms with Gasteiger partial charge in [-0.3, -0.25) is 0 Å². The molecule has 70 valence electrons. The topological polar surface area (TPSA) is 26.3 Å². The van der Waals surface area contributed by atoms with E-state index >= 15 is 0 Å². The zero-order valence-corrected chi connectivity index (χ0v) is 5.90. The monoisotopic (exact) mass is 186 g/mol. The Morgan fingerprint density at radius 1 is 1.67 bits per heavy atom. The number of hydrogen-bond donors (Lipinski definition) is 0. The second kappa shape index (κ2) is 4.08. The van der Waals surface area contributed by atoms with E-state index in [9.17, 15) is 22.4 Å². The van der Waals surface area contributed by atoms with Crippen LogP contribution >= 0.6 is 0 Å². The highest BCUT2D eigenvalue weighted by atomic mass is 19.3. The lowest BCUT2D eigenvalue weighted by molar-refractivity contribution is -0.204. The number of carbonyl (C=O) groups is 1. The SMILES string of the molecule is C=CC(=O)OC(F)C(F)(F)CF. The molecule has 0 fully saturated rings. The number of ether oxygens (including phenoxy) is 1. The molecule has 0 saturated carbocycles. The molecule has 0 aliphatic rings. The average Bonchev–Trinajstić information content (AvgIpc) is 2.04. The Labute approximate surface area is 65.8 Å². The zero-order chi connectivity index (χ0) is 9.78. The van der Waals surface area contributed by atoms with E-state index in [1.165, 1.54) is 0 Å². The van der Waals surface area contributed by atoms with Gasteiger partial charge < -0.3 is 4.74 Å². The van der Waals surface area contributed by atoms with Crippen molar-refractivity contribution < 1.29 is 27.1 Å². The van der Waals surface area contributed by atoms with Crippen LogP contribution < -0.4 is 0 Å². The van der Waals surface area contributed by atoms with Gasteiger partial charge in [0.15, 0.2) is 6.67 Å². The van der Waals surface area contributed by atoms with Gasteiger partial charge >= 0.3 is 18.2 Å². The molecule has 6 heteroatoms. The summed E-state index contributed by atoms with van der Waals surface area (Å²) in [7, 11) is 0. The van der Waals surface area contributed by atoms with Gasteiger partial charge in [-0.2, -0.15) is 13.2 Å². The highest BCUT2D eigenvalue weighted by Gasteiger charge is 2.43. The van der Waals surface area contributed by atoms with E-state index in [0.29, 0.717) is 6.08 Å². The second-order valence-corrected chi connectivity index (χ2v) is 1.85. The zero-order valence-electron chi connectivity index (χ0n) is 5.90. The molecule has 0 radical (unpaired) electrons. The van der Waals surface area contributed by atoms with Crippen LogP contribution in [-0.4, -0.2) is 24.9 Å². The highest BCUT2D eigenvalue weighted by Crippen LogP contribution is 2.23. The number of esters is 1. The fourth-order valence-corrected chi connectivity index (χ4v) is 0.297. The minimum atomic E-state index is -4.29. The first-order chi connectivity index (χ1) is 5.44. The Balaban J connectivity index is 4.11. The van der Waals surface area contributed by atoms with E-state index in [4.69, 9.17) is 0 Å². The summed E-state index contributed by atoms with van der Waals surface area (Å²) in [6.45, 7) is 0.618. The highest BCUT2D eigenvalue weighted by molar-refractivity contribution is 5.81. The van der Waals surface area contributed by atoms with Crippen LogP contribution in [0.2, 0.25) is 0 Å². The van der Waals surface area contributed by atoms with Gasteiger partial charge in [0.25, 0.3) is 0 Å². The van der Waals surface area contributed by atoms with Crippen LogP contribution in [0.15, 0.2) is 12.7 Å². The van der Waals surface area contributed by atoms with Crippen LogP contribution in [-0.2, 0) is 9.53 Å². The number of halogens is 4. The van der Waals surface area contributed by atoms with Crippen molar-refractivity contribution in [2.45, 2.75) is 12.3 Å². The van der Waals surface area contributed by atoms with Crippen molar-refractivity contribution in [2.24, 2.45) is 0 Å². The van der Waals surface area contributed by atoms with E-state index < -0.39 is 24.9 Å². The molecule has 0 aromatic rings. The summed E-state index contributed by atoms with van der Waals surface area (Å²) in [4.78, 5) is 10.1. The fraction of sp³-hybridized carbons (Fsp3) is 0.500. The maximum Gasteiger partial charge on any atom is 0.341 e. The van der Waals surface area contributed by atoms with Gasteiger partial charge in [-0.1, -0.05) is 6.58 Å². The lowest BCUT2D eigenvalue weighted by atomic mass is 10.4. The molecule has 1 atom stereocenters. The Morgan fingerprint density at radius 2 is 2.17 bits per heavy atom. The Morgan fingerprint density at radius 3 is 2.50 bits per heavy atom. The molecule has 0 bridgehead atoms. The summed E-state index contributed by atoms with van der Waals surface area (Å²) in [6.07, 6.45) is -2.77. The van der Waals surface area contributed by atoms with Crippen molar-refractivity contribution in [1.29, 1.82) is 0 Å². The molecule has 0 aromatic carbocycles. The van der Waals surface area contributed by atoms with E-state index in [0.717, 1.165) is 0 Å². The number of hydrogen-bond acceptors (Lipinski definition) is 2. The number of rotatable bonds is 4. The standard InChI is InChI=1S/C6H6F4O2/c1-2-4(11)12-5(8)6(9,10)3-7/h2,5H,1,3H2. The van der Waals surface area contributed by atoms with Gasteiger partial charge in [-0.05, 0) is 0 Å². The third kappa shape index (κ3) is 2.89. The van der Waals surface area contributed by atoms with Crippen LogP contribution in [0.1, 0.15) is 0 Å². The molecule has 0 aliphatic heterocycles. The van der Waals surface area contributed by atoms with Gasteiger partial charge in [0.1, 0.15) is 0 Å². The maximum atomic E-state index is 12.1. The predicted molar refractivity (Wildman–Crippen MR) is 32.1 cm³/mol. The quantitative estimate of drug-likeness (QED) is 0.379. The summed E-state index contributed by atoms with van der Waals surface area (Å²) in [6, 6.07) is 0. The molecule has 12 heavy (non-hydrogen) atoms. The predicted octanol–water partition coefficient (Wildman–Crippen LogP) is 1.62. The Bertz CT molecular complexity index is 180. The van der Waals surface area contributed by atoms with Gasteiger partial charge in [0.2, 0.25) is 0 Å². The van der Waals surface area contributed by atoms with Crippen molar-refractivity contribution in [2.75, 3.05) is 6.67 Å². The first kappa shape index (κ1) is 10.9. The molecule has 0 heterocycles. The third-order valence-electron chi connectivity index (χ3n) is 0.897. The molecular formula is C6H6F4O2. The smallest absolute Gasteiger partial charge is 0.341 e. The van der Waals surface area contributed by atoms with Crippen LogP contribution in [0, 0.1) is 0 Å². The van der Waals surface area contributed by atoms with E-state index in [2.05, 4.69) is 11.3 Å². The summed E-state index contributed by atoms with van der Waals surface area (Å²) >= 11 is 0. The van der Waals surface area contributed by atoms with E-state index in [1.807, 2.05) is 0 Å². The molecule has 0 amide bonds. The van der Waals surface area contributed by atoms with Crippen molar-refractivity contribution >= 4 is 5.97 Å². The summed E-state index contributed by atoms with van der Waals surface area (Å²) in [5.74, 6) is -5.66. The molecule has 0 spiro atoms. The number of alkyl halides is 4. The van der Waals surface area contributed by atoms with Crippen molar-refractivity contribution in [3.05, 3.63) is 12.7 Å². The van der Waals surface area contributed by atoms with Crippen molar-refractivity contribution in [3.63, 3.8) is 0 Å². The molecular weight excluding hydrogens is 180 g/mol. The van der Waals surface area contributed by atoms with Crippen LogP contribution in [0.3, 0.4) is 0 Å². The van der Waals surface area contributed by atoms with Crippen LogP contribution in [0.5, 0.6) is 0 Å². The average molecular weight is 186 g/mol. The minimum absolute atomic E-state index is 0.501. The van der Waals surface area contributed by atoms with Crippen LogP contribution in [0.25, 0.3) is 0 Å². The van der Waals surface area contributed by atoms with Crippen molar-refractivity contribution in [1.82, 2.24) is 0 Å². The lowest BCUT2D eigenvalue weighted by Gasteiger charge is -2.16. The third-order valence-corrected chi connectivity index (χ3v) is 0.897. The van der Waals surface area contributed by atoms with E-state index in [-0.39, 0.29) is 0 Å². The van der Waals surface area contributed by atoms with Gasteiger partial charge in [0.05, 0.1) is 0 Å². The molecule has 0 N–H and O–H groups in total. The maximum absolute atomic E-state index is 12.1. The molecule has 0 aliphatic carbocycles. The molecule has 2 nitrogen and oxygen atoms in total. The molecule has 1 unspecified atom stereocenters. The summed E-state index contributed by atoms with van der Waals surface area (Å²) in [5.41, 5.74) is 0. The Hall–Kier alpha value is -1.07. The summed E-state index contributed by atoms with van der Waals surface area (Å²) in [5, 5.41) is 0. The van der Waals surface area contributed by atoms with Gasteiger partial charge in [-0.15, -0.1) is 0 Å². The van der Waals surface area contributed by atoms with Crippen LogP contribution in [0.4, 0.5) is 17.6 Å². The fourth-order valence-electron chi connectivity index (χ4n) is 0.297. The molecule has 0 rings (SSSR count). The van der Waals surface area contributed by atoms with Crippen molar-refractivity contribution in [3.8, 4) is 0 Å². The Kier molecular flexibility index (Phi) is 3.72.